The molecule has 4 bridgehead atoms. The van der Waals surface area contributed by atoms with Crippen molar-refractivity contribution in [2.24, 2.45) is 0 Å². The maximum atomic E-state index is 15.7. The first-order chi connectivity index (χ1) is 19.8. The fraction of sp³-hybridized carbons (Fsp3) is 0.526. The van der Waals surface area contributed by atoms with Crippen molar-refractivity contribution in [2.45, 2.75) is 49.2 Å². The number of imidazole rings is 1. The first-order valence-corrected chi connectivity index (χ1v) is 17.1. The Balaban J connectivity index is 0.00000221. The molecule has 244 valence electrons. The molecular weight excluding hydrogens is 678 g/mol. The van der Waals surface area contributed by atoms with Crippen LogP contribution in [-0.2, 0) is 56.2 Å². The molecule has 6 heterocycles. The van der Waals surface area contributed by atoms with Gasteiger partial charge in [0.2, 0.25) is 6.80 Å². The van der Waals surface area contributed by atoms with Crippen molar-refractivity contribution in [2.75, 3.05) is 18.9 Å². The maximum Gasteiger partial charge on any atom is 0.330 e. The van der Waals surface area contributed by atoms with Crippen molar-refractivity contribution >= 4 is 54.6 Å². The Morgan fingerprint density at radius 2 is 1.64 bits per heavy atom. The molecule has 0 aliphatic carbocycles. The summed E-state index contributed by atoms with van der Waals surface area (Å²) in [4.78, 5) is 51.0. The summed E-state index contributed by atoms with van der Waals surface area (Å²) in [7, 11) is 0. The second kappa shape index (κ2) is 12.9. The highest BCUT2D eigenvalue weighted by Crippen LogP contribution is 2.54. The topological polar surface area (TPSA) is 293 Å². The SMILES string of the molecule is Nc1ncnc2c1ncn2[C@@H]1O[C@@H]2COP([O-])(=S)O[C@@H]3[C@H](F)[C@@H](COP(=O)([S-])O[C@@H]1[C@@H]2F)O[C@H]3n1ccc(=O)[nH]c1=O.[NH4+].[NH4+]. The lowest BCUT2D eigenvalue weighted by Gasteiger charge is -2.34. The average Bonchev–Trinajstić information content (AvgIpc) is 3.57. The Morgan fingerprint density at radius 1 is 1.02 bits per heavy atom. The predicted octanol–water partition coefficient (Wildman–Crippen LogP) is 0.239. The number of ether oxygens (including phenoxy) is 2. The van der Waals surface area contributed by atoms with Crippen molar-refractivity contribution in [1.82, 2.24) is 41.4 Å². The van der Waals surface area contributed by atoms with Gasteiger partial charge in [0, 0.05) is 12.3 Å². The molecule has 3 saturated heterocycles. The van der Waals surface area contributed by atoms with Gasteiger partial charge >= 0.3 is 5.69 Å². The molecule has 10 atom stereocenters. The summed E-state index contributed by atoms with van der Waals surface area (Å²) >= 11 is 9.90. The maximum absolute atomic E-state index is 15.7. The minimum Gasteiger partial charge on any atom is -0.780 e. The summed E-state index contributed by atoms with van der Waals surface area (Å²) in [6, 6.07) is 0.951. The van der Waals surface area contributed by atoms with Crippen molar-refractivity contribution in [3.63, 3.8) is 0 Å². The third-order valence-electron chi connectivity index (χ3n) is 6.61. The Kier molecular flexibility index (Phi) is 10.1. The zero-order valence-electron chi connectivity index (χ0n) is 22.7. The van der Waals surface area contributed by atoms with Crippen LogP contribution in [0.5, 0.6) is 0 Å². The lowest BCUT2D eigenvalue weighted by atomic mass is 10.1. The van der Waals surface area contributed by atoms with E-state index in [9.17, 15) is 19.0 Å². The van der Waals surface area contributed by atoms with Crippen molar-refractivity contribution in [3.8, 4) is 0 Å². The van der Waals surface area contributed by atoms with Gasteiger partial charge < -0.3 is 62.7 Å². The lowest BCUT2D eigenvalue weighted by molar-refractivity contribution is -0.217. The molecule has 11 N–H and O–H groups in total. The quantitative estimate of drug-likeness (QED) is 0.205. The monoisotopic (exact) mass is 705 g/mol. The number of halogens is 2. The van der Waals surface area contributed by atoms with Gasteiger partial charge in [-0.25, -0.2) is 28.5 Å². The molecule has 0 amide bonds. The molecule has 3 fully saturated rings. The van der Waals surface area contributed by atoms with Crippen LogP contribution in [0, 0.1) is 0 Å². The number of anilines is 1. The number of hydrogen-bond donors (Lipinski definition) is 4. The second-order valence-electron chi connectivity index (χ2n) is 9.25. The number of H-pyrrole nitrogens is 1. The molecular formula is C19H27F2N9O10P2S2. The molecule has 3 aliphatic rings. The van der Waals surface area contributed by atoms with E-state index in [-0.39, 0.29) is 29.3 Å². The van der Waals surface area contributed by atoms with E-state index in [1.165, 1.54) is 10.9 Å². The Morgan fingerprint density at radius 3 is 2.30 bits per heavy atom. The van der Waals surface area contributed by atoms with Crippen LogP contribution in [0.4, 0.5) is 14.6 Å². The Bertz CT molecular complexity index is 1730. The largest absolute Gasteiger partial charge is 0.780 e. The molecule has 19 nitrogen and oxygen atoms in total. The number of nitrogens with zero attached hydrogens (tertiary/aromatic N) is 5. The lowest BCUT2D eigenvalue weighted by Crippen LogP contribution is -2.38. The van der Waals surface area contributed by atoms with Gasteiger partial charge in [-0.05, 0) is 0 Å². The number of fused-ring (bicyclic) bond motifs is 5. The van der Waals surface area contributed by atoms with Crippen LogP contribution in [-0.4, -0.2) is 79.0 Å². The second-order valence-corrected chi connectivity index (χ2v) is 14.7. The number of alkyl halides is 2. The zero-order chi connectivity index (χ0) is 30.0. The van der Waals surface area contributed by atoms with Crippen LogP contribution in [0.25, 0.3) is 11.2 Å². The third-order valence-corrected chi connectivity index (χ3v) is 9.69. The molecule has 2 unspecified atom stereocenters. The molecule has 0 radical (unpaired) electrons. The number of hydrogen-bond acceptors (Lipinski definition) is 16. The first kappa shape index (κ1) is 34.6. The van der Waals surface area contributed by atoms with Gasteiger partial charge in [-0.2, -0.15) is 0 Å². The van der Waals surface area contributed by atoms with Gasteiger partial charge in [-0.1, -0.05) is 11.8 Å². The molecule has 0 saturated carbocycles. The van der Waals surface area contributed by atoms with Gasteiger partial charge in [0.1, 0.15) is 43.0 Å². The summed E-state index contributed by atoms with van der Waals surface area (Å²) in [6.45, 7) is -10.9. The fourth-order valence-corrected chi connectivity index (χ4v) is 7.48. The number of nitrogens with two attached hydrogens (primary N) is 1. The summed E-state index contributed by atoms with van der Waals surface area (Å²) in [6.07, 6.45) is -10.8. The highest BCUT2D eigenvalue weighted by atomic mass is 32.7. The van der Waals surface area contributed by atoms with Crippen LogP contribution in [0.2, 0.25) is 0 Å². The number of aromatic amines is 1. The van der Waals surface area contributed by atoms with Gasteiger partial charge in [-0.3, -0.25) is 23.5 Å². The van der Waals surface area contributed by atoms with Gasteiger partial charge in [-0.15, -0.1) is 0 Å². The van der Waals surface area contributed by atoms with E-state index in [4.69, 9.17) is 57.4 Å². The van der Waals surface area contributed by atoms with E-state index < -0.39 is 87.2 Å². The Hall–Kier alpha value is -2.24. The standard InChI is InChI=1S/C19H21F2N7O10P2S2.2H3N/c20-10-7-3-33-40(32,42)38-14-11(21)8(36-18(14)28-6-25-12-15(22)23-5-24-16(12)28)4-34-39(31,41)37-13(10)17(35-7)27-2-1-9(29)26-19(27)30;;/h1-2,5-8,10-11,13-14,17-18H,3-4H2,(H,31,41)(H,32,42)(H2,22,23,24)(H,26,29,30);2*1H3/t7-,8-,10-,11-,13-,14-,17-,18-,39?,40?;;/m1../s1. The summed E-state index contributed by atoms with van der Waals surface area (Å²) < 4.78 is 78.9. The van der Waals surface area contributed by atoms with Crippen LogP contribution < -0.4 is 34.2 Å². The van der Waals surface area contributed by atoms with E-state index in [1.54, 1.807) is 0 Å². The number of nitrogen functional groups attached to an aromatic ring is 1. The van der Waals surface area contributed by atoms with Crippen molar-refractivity contribution in [1.29, 1.82) is 0 Å². The number of quaternary nitrogens is 2. The van der Waals surface area contributed by atoms with Gasteiger partial charge in [0.15, 0.2) is 36.3 Å². The zero-order valence-corrected chi connectivity index (χ0v) is 26.1. The highest BCUT2D eigenvalue weighted by molar-refractivity contribution is 8.32. The molecule has 44 heavy (non-hydrogen) atoms. The molecule has 3 aromatic rings. The molecule has 6 rings (SSSR count). The fourth-order valence-electron chi connectivity index (χ4n) is 4.70. The van der Waals surface area contributed by atoms with Crippen molar-refractivity contribution in [3.05, 3.63) is 45.8 Å². The number of aromatic nitrogens is 6. The van der Waals surface area contributed by atoms with Crippen LogP contribution in [0.15, 0.2) is 34.5 Å². The van der Waals surface area contributed by atoms with Crippen LogP contribution >= 0.6 is 13.5 Å². The number of nitrogens with one attached hydrogen (secondary N) is 1. The van der Waals surface area contributed by atoms with Crippen LogP contribution in [0.3, 0.4) is 0 Å². The smallest absolute Gasteiger partial charge is 0.330 e. The summed E-state index contributed by atoms with van der Waals surface area (Å²) in [5, 5.41) is 0. The number of rotatable bonds is 2. The van der Waals surface area contributed by atoms with E-state index >= 15 is 8.78 Å². The Labute approximate surface area is 255 Å². The predicted molar refractivity (Wildman–Crippen MR) is 152 cm³/mol. The van der Waals surface area contributed by atoms with E-state index in [0.717, 1.165) is 23.2 Å². The normalized spacial score (nSPS) is 37.5. The van der Waals surface area contributed by atoms with Gasteiger partial charge in [0.25, 0.3) is 5.56 Å². The van der Waals surface area contributed by atoms with E-state index in [0.29, 0.717) is 0 Å². The average molecular weight is 706 g/mol. The molecule has 0 aromatic carbocycles. The molecule has 3 aliphatic heterocycles. The van der Waals surface area contributed by atoms with E-state index in [2.05, 4.69) is 15.0 Å². The summed E-state index contributed by atoms with van der Waals surface area (Å²) in [5.74, 6) is 0.0176. The molecule has 3 aromatic heterocycles. The van der Waals surface area contributed by atoms with Gasteiger partial charge in [0.05, 0.1) is 19.5 Å². The minimum absolute atomic E-state index is 0. The third kappa shape index (κ3) is 6.51. The molecule has 0 spiro atoms. The van der Waals surface area contributed by atoms with Crippen LogP contribution in [0.1, 0.15) is 12.5 Å². The molecule has 25 heteroatoms. The first-order valence-electron chi connectivity index (χ1n) is 11.9. The summed E-state index contributed by atoms with van der Waals surface area (Å²) in [5.41, 5.74) is 4.32. The minimum atomic E-state index is -4.62. The van der Waals surface area contributed by atoms with Crippen molar-refractivity contribution < 1.29 is 45.8 Å². The van der Waals surface area contributed by atoms with E-state index in [1.807, 2.05) is 4.98 Å². The highest BCUT2D eigenvalue weighted by Gasteiger charge is 2.52.